The molecule has 0 fully saturated rings. The van der Waals surface area contributed by atoms with E-state index in [1.54, 1.807) is 24.3 Å². The van der Waals surface area contributed by atoms with E-state index in [4.69, 9.17) is 10.5 Å². The number of carbonyl (C=O) groups excluding carboxylic acids is 5. The van der Waals surface area contributed by atoms with Crippen LogP contribution >= 0.6 is 0 Å². The second-order valence-corrected chi connectivity index (χ2v) is 6.62. The van der Waals surface area contributed by atoms with Gasteiger partial charge in [0, 0.05) is 17.8 Å². The Hall–Kier alpha value is -4.01. The van der Waals surface area contributed by atoms with Crippen LogP contribution in [0.2, 0.25) is 0 Å². The van der Waals surface area contributed by atoms with Gasteiger partial charge in [-0.3, -0.25) is 28.9 Å². The van der Waals surface area contributed by atoms with Gasteiger partial charge in [0.2, 0.25) is 5.91 Å². The van der Waals surface area contributed by atoms with Crippen molar-refractivity contribution in [3.8, 4) is 0 Å². The summed E-state index contributed by atoms with van der Waals surface area (Å²) < 4.78 is 5.08. The number of nitrogens with one attached hydrogen (secondary N) is 1. The van der Waals surface area contributed by atoms with Crippen molar-refractivity contribution in [2.24, 2.45) is 5.73 Å². The van der Waals surface area contributed by atoms with Gasteiger partial charge in [0.1, 0.15) is 0 Å². The van der Waals surface area contributed by atoms with Crippen molar-refractivity contribution in [3.63, 3.8) is 0 Å². The van der Waals surface area contributed by atoms with Crippen molar-refractivity contribution in [2.75, 3.05) is 11.9 Å². The zero-order valence-electron chi connectivity index (χ0n) is 16.1. The van der Waals surface area contributed by atoms with Gasteiger partial charge in [-0.15, -0.1) is 0 Å². The summed E-state index contributed by atoms with van der Waals surface area (Å²) in [5, 5.41) is 2.55. The van der Waals surface area contributed by atoms with Crippen LogP contribution in [-0.4, -0.2) is 47.1 Å². The predicted octanol–water partition coefficient (Wildman–Crippen LogP) is 1.34. The summed E-state index contributed by atoms with van der Waals surface area (Å²) in [6.45, 7) is 1.25. The molecule has 0 aromatic heterocycles. The Morgan fingerprint density at radius 3 is 2.10 bits per heavy atom. The van der Waals surface area contributed by atoms with Crippen LogP contribution in [0.4, 0.5) is 5.69 Å². The van der Waals surface area contributed by atoms with Crippen LogP contribution in [0, 0.1) is 0 Å². The highest BCUT2D eigenvalue weighted by Gasteiger charge is 2.35. The highest BCUT2D eigenvalue weighted by atomic mass is 16.5. The number of carbonyl (C=O) groups is 5. The first kappa shape index (κ1) is 20.7. The third-order valence-corrected chi connectivity index (χ3v) is 4.53. The van der Waals surface area contributed by atoms with Crippen molar-refractivity contribution >= 4 is 35.3 Å². The molecule has 1 unspecified atom stereocenters. The second kappa shape index (κ2) is 8.56. The SMILES string of the molecule is CC(OC(=O)CCN1C(=O)c2ccccc2C1=O)C(=O)Nc1ccc(C(N)=O)cc1. The molecule has 1 heterocycles. The molecule has 2 aromatic carbocycles. The van der Waals surface area contributed by atoms with Crippen molar-refractivity contribution in [2.45, 2.75) is 19.4 Å². The molecule has 0 radical (unpaired) electrons. The molecule has 3 rings (SSSR count). The van der Waals surface area contributed by atoms with Gasteiger partial charge >= 0.3 is 5.97 Å². The molecule has 0 spiro atoms. The molecule has 3 N–H and O–H groups in total. The molecule has 4 amide bonds. The summed E-state index contributed by atoms with van der Waals surface area (Å²) in [4.78, 5) is 60.9. The molecular weight excluding hydrogens is 390 g/mol. The van der Waals surface area contributed by atoms with Gasteiger partial charge in [0.05, 0.1) is 17.5 Å². The minimum Gasteiger partial charge on any atom is -0.452 e. The smallest absolute Gasteiger partial charge is 0.308 e. The molecule has 1 aliphatic heterocycles. The Morgan fingerprint density at radius 1 is 1.00 bits per heavy atom. The van der Waals surface area contributed by atoms with E-state index >= 15 is 0 Å². The van der Waals surface area contributed by atoms with E-state index in [1.165, 1.54) is 31.2 Å². The van der Waals surface area contributed by atoms with Gasteiger partial charge in [-0.05, 0) is 43.3 Å². The molecule has 9 heteroatoms. The van der Waals surface area contributed by atoms with Gasteiger partial charge < -0.3 is 15.8 Å². The molecule has 154 valence electrons. The second-order valence-electron chi connectivity index (χ2n) is 6.62. The Bertz CT molecular complexity index is 996. The number of nitrogens with zero attached hydrogens (tertiary/aromatic N) is 1. The maximum Gasteiger partial charge on any atom is 0.308 e. The van der Waals surface area contributed by atoms with Crippen LogP contribution in [0.1, 0.15) is 44.4 Å². The Balaban J connectivity index is 1.50. The number of hydrogen-bond donors (Lipinski definition) is 2. The van der Waals surface area contributed by atoms with Crippen molar-refractivity contribution < 1.29 is 28.7 Å². The fraction of sp³-hybridized carbons (Fsp3) is 0.190. The number of amides is 4. The summed E-state index contributed by atoms with van der Waals surface area (Å²) in [6.07, 6.45) is -1.34. The average molecular weight is 409 g/mol. The highest BCUT2D eigenvalue weighted by molar-refractivity contribution is 6.21. The molecule has 9 nitrogen and oxygen atoms in total. The van der Waals surface area contributed by atoms with E-state index in [-0.39, 0.29) is 13.0 Å². The van der Waals surface area contributed by atoms with Gasteiger partial charge in [-0.2, -0.15) is 0 Å². The first-order chi connectivity index (χ1) is 14.3. The number of primary amides is 1. The summed E-state index contributed by atoms with van der Waals surface area (Å²) >= 11 is 0. The monoisotopic (exact) mass is 409 g/mol. The lowest BCUT2D eigenvalue weighted by Crippen LogP contribution is -2.34. The summed E-state index contributed by atoms with van der Waals surface area (Å²) in [7, 11) is 0. The van der Waals surface area contributed by atoms with Crippen LogP contribution < -0.4 is 11.1 Å². The molecule has 0 saturated carbocycles. The zero-order valence-corrected chi connectivity index (χ0v) is 16.1. The number of anilines is 1. The average Bonchev–Trinajstić information content (AvgIpc) is 2.97. The van der Waals surface area contributed by atoms with Crippen LogP contribution in [0.25, 0.3) is 0 Å². The lowest BCUT2D eigenvalue weighted by molar-refractivity contribution is -0.153. The third kappa shape index (κ3) is 4.35. The topological polar surface area (TPSA) is 136 Å². The Morgan fingerprint density at radius 2 is 1.57 bits per heavy atom. The summed E-state index contributed by atoms with van der Waals surface area (Å²) in [5.74, 6) is -2.82. The number of rotatable bonds is 7. The lowest BCUT2D eigenvalue weighted by atomic mass is 10.1. The third-order valence-electron chi connectivity index (χ3n) is 4.53. The fourth-order valence-corrected chi connectivity index (χ4v) is 2.92. The first-order valence-corrected chi connectivity index (χ1v) is 9.13. The van der Waals surface area contributed by atoms with Crippen LogP contribution in [0.3, 0.4) is 0 Å². The lowest BCUT2D eigenvalue weighted by Gasteiger charge is -2.16. The number of imide groups is 1. The normalized spacial score (nSPS) is 13.6. The zero-order chi connectivity index (χ0) is 21.8. The number of ether oxygens (including phenoxy) is 1. The van der Waals surface area contributed by atoms with Crippen LogP contribution in [0.15, 0.2) is 48.5 Å². The van der Waals surface area contributed by atoms with E-state index < -0.39 is 35.7 Å². The van der Waals surface area contributed by atoms with Crippen LogP contribution in [0.5, 0.6) is 0 Å². The van der Waals surface area contributed by atoms with Crippen LogP contribution in [-0.2, 0) is 14.3 Å². The molecule has 1 aliphatic rings. The van der Waals surface area contributed by atoms with E-state index in [0.29, 0.717) is 22.4 Å². The van der Waals surface area contributed by atoms with Gasteiger partial charge in [0.25, 0.3) is 17.7 Å². The van der Waals surface area contributed by atoms with E-state index in [2.05, 4.69) is 5.32 Å². The molecule has 1 atom stereocenters. The number of nitrogens with two attached hydrogens (primary N) is 1. The Kier molecular flexibility index (Phi) is 5.91. The van der Waals surface area contributed by atoms with E-state index in [1.807, 2.05) is 0 Å². The standard InChI is InChI=1S/C21H19N3O6/c1-12(19(27)23-14-8-6-13(7-9-14)18(22)26)30-17(25)10-11-24-20(28)15-4-2-3-5-16(15)21(24)29/h2-9,12H,10-11H2,1H3,(H2,22,26)(H,23,27). The highest BCUT2D eigenvalue weighted by Crippen LogP contribution is 2.22. The molecular formula is C21H19N3O6. The quantitative estimate of drug-likeness (QED) is 0.523. The number of benzene rings is 2. The fourth-order valence-electron chi connectivity index (χ4n) is 2.92. The molecule has 2 aromatic rings. The minimum absolute atomic E-state index is 0.145. The van der Waals surface area contributed by atoms with Gasteiger partial charge in [-0.25, -0.2) is 0 Å². The largest absolute Gasteiger partial charge is 0.452 e. The predicted molar refractivity (Wildman–Crippen MR) is 106 cm³/mol. The summed E-state index contributed by atoms with van der Waals surface area (Å²) in [5.41, 5.74) is 6.44. The maximum atomic E-state index is 12.3. The minimum atomic E-state index is -1.10. The maximum absolute atomic E-state index is 12.3. The van der Waals surface area contributed by atoms with Gasteiger partial charge in [0.15, 0.2) is 6.10 Å². The number of esters is 1. The molecule has 30 heavy (non-hydrogen) atoms. The van der Waals surface area contributed by atoms with Gasteiger partial charge in [-0.1, -0.05) is 12.1 Å². The van der Waals surface area contributed by atoms with Crippen molar-refractivity contribution in [1.82, 2.24) is 4.90 Å². The molecule has 0 bridgehead atoms. The summed E-state index contributed by atoms with van der Waals surface area (Å²) in [6, 6.07) is 12.3. The molecule has 0 saturated heterocycles. The number of hydrogen-bond acceptors (Lipinski definition) is 6. The van der Waals surface area contributed by atoms with Crippen molar-refractivity contribution in [3.05, 3.63) is 65.2 Å². The first-order valence-electron chi connectivity index (χ1n) is 9.13. The molecule has 0 aliphatic carbocycles. The Labute approximate surface area is 171 Å². The number of fused-ring (bicyclic) bond motifs is 1. The van der Waals surface area contributed by atoms with Crippen molar-refractivity contribution in [1.29, 1.82) is 0 Å². The van der Waals surface area contributed by atoms with E-state index in [0.717, 1.165) is 4.90 Å². The van der Waals surface area contributed by atoms with E-state index in [9.17, 15) is 24.0 Å².